The molecule has 3 heterocycles. The Morgan fingerprint density at radius 2 is 1.51 bits per heavy atom. The van der Waals surface area contributed by atoms with Gasteiger partial charge in [-0.25, -0.2) is 4.79 Å². The second-order valence-corrected chi connectivity index (χ2v) is 9.00. The molecule has 0 aliphatic carbocycles. The Labute approximate surface area is 212 Å². The molecule has 12 heteroatoms. The fraction of sp³-hybridized carbons (Fsp3) is 0.520. The van der Waals surface area contributed by atoms with E-state index in [1.807, 2.05) is 0 Å². The van der Waals surface area contributed by atoms with E-state index in [0.29, 0.717) is 24.2 Å². The van der Waals surface area contributed by atoms with Crippen molar-refractivity contribution in [3.63, 3.8) is 0 Å². The first-order valence-corrected chi connectivity index (χ1v) is 12.4. The summed E-state index contributed by atoms with van der Waals surface area (Å²) in [6.45, 7) is 0.229. The zero-order valence-electron chi connectivity index (χ0n) is 20.3. The molecule has 2 amide bonds. The van der Waals surface area contributed by atoms with E-state index < -0.39 is 47.6 Å². The van der Waals surface area contributed by atoms with Crippen LogP contribution in [0.15, 0.2) is 46.1 Å². The van der Waals surface area contributed by atoms with Crippen LogP contribution in [0, 0.1) is 0 Å². The van der Waals surface area contributed by atoms with E-state index in [-0.39, 0.29) is 13.2 Å². The second kappa shape index (κ2) is 12.4. The number of nitrogens with zero attached hydrogens (tertiary/aromatic N) is 2. The van der Waals surface area contributed by atoms with Crippen LogP contribution in [0.5, 0.6) is 0 Å². The zero-order chi connectivity index (χ0) is 26.4. The minimum Gasteiger partial charge on any atom is -0.394 e. The lowest BCUT2D eigenvalue weighted by atomic mass is 10.1. The molecule has 200 valence electrons. The highest BCUT2D eigenvalue weighted by molar-refractivity contribution is 6.20. The van der Waals surface area contributed by atoms with Crippen LogP contribution in [-0.4, -0.2) is 74.8 Å². The van der Waals surface area contributed by atoms with Crippen LogP contribution < -0.4 is 11.2 Å². The number of imide groups is 1. The number of hydrogen-bond acceptors (Lipinski definition) is 9. The molecular weight excluding hydrogens is 486 g/mol. The van der Waals surface area contributed by atoms with Crippen molar-refractivity contribution in [3.05, 3.63) is 68.5 Å². The number of H-pyrrole nitrogens is 1. The van der Waals surface area contributed by atoms with Crippen molar-refractivity contribution in [1.29, 1.82) is 0 Å². The van der Waals surface area contributed by atoms with Gasteiger partial charge in [-0.15, -0.1) is 5.06 Å². The van der Waals surface area contributed by atoms with Crippen molar-refractivity contribution in [2.45, 2.75) is 63.1 Å². The number of aliphatic hydroxyl groups is 2. The molecule has 2 aliphatic heterocycles. The molecule has 3 N–H and O–H groups in total. The summed E-state index contributed by atoms with van der Waals surface area (Å²) >= 11 is 0. The van der Waals surface area contributed by atoms with Gasteiger partial charge in [-0.1, -0.05) is 37.8 Å². The Morgan fingerprint density at radius 3 is 2.14 bits per heavy atom. The topological polar surface area (TPSA) is 160 Å². The van der Waals surface area contributed by atoms with Crippen molar-refractivity contribution in [3.8, 4) is 0 Å². The zero-order valence-corrected chi connectivity index (χ0v) is 20.3. The Balaban J connectivity index is 1.09. The van der Waals surface area contributed by atoms with E-state index in [0.717, 1.165) is 47.8 Å². The largest absolute Gasteiger partial charge is 0.394 e. The number of hydroxylamine groups is 2. The highest BCUT2D eigenvalue weighted by atomic mass is 16.7. The maximum Gasteiger partial charge on any atom is 0.330 e. The summed E-state index contributed by atoms with van der Waals surface area (Å²) in [5.41, 5.74) is -0.561. The predicted molar refractivity (Wildman–Crippen MR) is 129 cm³/mol. The Kier molecular flexibility index (Phi) is 9.00. The molecule has 2 aromatic rings. The molecule has 0 radical (unpaired) electrons. The minimum atomic E-state index is -1.19. The Bertz CT molecular complexity index is 1180. The fourth-order valence-corrected chi connectivity index (χ4v) is 4.50. The average molecular weight is 518 g/mol. The number of benzene rings is 1. The molecule has 1 aromatic carbocycles. The molecule has 37 heavy (non-hydrogen) atoms. The van der Waals surface area contributed by atoms with Crippen LogP contribution in [-0.2, 0) is 14.3 Å². The van der Waals surface area contributed by atoms with Gasteiger partial charge >= 0.3 is 5.69 Å². The standard InChI is InChI=1S/C25H31N3O9/c29-15-18-21(20(31)24(37-18)27-12-11-19(30)26-25(27)34)35-13-7-3-1-2-4-8-14-36-28-22(32)16-9-5-6-10-17(16)23(28)33/h5-6,9-12,18,20-21,24,29,31H,1-4,7-8,13-15H2,(H,26,30,34)/t18-,20-,21-,24-/m1/s1. The molecule has 0 unspecified atom stereocenters. The van der Waals surface area contributed by atoms with Crippen LogP contribution in [0.2, 0.25) is 0 Å². The van der Waals surface area contributed by atoms with Crippen molar-refractivity contribution in [1.82, 2.24) is 14.6 Å². The van der Waals surface area contributed by atoms with E-state index in [9.17, 15) is 29.4 Å². The maximum atomic E-state index is 12.2. The van der Waals surface area contributed by atoms with Gasteiger partial charge in [-0.2, -0.15) is 0 Å². The van der Waals surface area contributed by atoms with Gasteiger partial charge in [0.25, 0.3) is 17.4 Å². The SMILES string of the molecule is O=C1c2ccccc2C(=O)N1OCCCCCCCCO[C@H]1[C@@H](O)[C@H](n2ccc(=O)[nH]c2=O)O[C@@H]1CO. The number of rotatable bonds is 13. The number of nitrogens with one attached hydrogen (secondary N) is 1. The van der Waals surface area contributed by atoms with Gasteiger partial charge in [0.05, 0.1) is 24.3 Å². The number of aliphatic hydroxyl groups excluding tert-OH is 2. The summed E-state index contributed by atoms with van der Waals surface area (Å²) in [4.78, 5) is 55.3. The third-order valence-corrected chi connectivity index (χ3v) is 6.44. The number of fused-ring (bicyclic) bond motifs is 1. The Morgan fingerprint density at radius 1 is 0.892 bits per heavy atom. The van der Waals surface area contributed by atoms with Crippen molar-refractivity contribution in [2.24, 2.45) is 0 Å². The van der Waals surface area contributed by atoms with Crippen LogP contribution in [0.3, 0.4) is 0 Å². The molecule has 0 saturated carbocycles. The number of aromatic nitrogens is 2. The number of carbonyl (C=O) groups excluding carboxylic acids is 2. The predicted octanol–water partition coefficient (Wildman–Crippen LogP) is 0.741. The van der Waals surface area contributed by atoms with Gasteiger partial charge in [0.15, 0.2) is 6.23 Å². The smallest absolute Gasteiger partial charge is 0.330 e. The van der Waals surface area contributed by atoms with Crippen molar-refractivity contribution in [2.75, 3.05) is 19.8 Å². The Hall–Kier alpha value is -3.16. The molecule has 1 aromatic heterocycles. The fourth-order valence-electron chi connectivity index (χ4n) is 4.50. The highest BCUT2D eigenvalue weighted by Crippen LogP contribution is 2.30. The van der Waals surface area contributed by atoms with E-state index >= 15 is 0 Å². The first kappa shape index (κ1) is 26.9. The molecule has 4 rings (SSSR count). The highest BCUT2D eigenvalue weighted by Gasteiger charge is 2.45. The van der Waals surface area contributed by atoms with E-state index in [1.165, 1.54) is 6.20 Å². The normalized spacial score (nSPS) is 23.1. The summed E-state index contributed by atoms with van der Waals surface area (Å²) in [6.07, 6.45) is 2.44. The molecule has 0 bridgehead atoms. The number of carbonyl (C=O) groups is 2. The van der Waals surface area contributed by atoms with Gasteiger partial charge < -0.3 is 19.7 Å². The lowest BCUT2D eigenvalue weighted by Crippen LogP contribution is -2.39. The first-order chi connectivity index (χ1) is 17.9. The minimum absolute atomic E-state index is 0.274. The van der Waals surface area contributed by atoms with E-state index in [4.69, 9.17) is 14.3 Å². The number of amides is 2. The molecule has 12 nitrogen and oxygen atoms in total. The lowest BCUT2D eigenvalue weighted by molar-refractivity contribution is -0.0923. The summed E-state index contributed by atoms with van der Waals surface area (Å²) < 4.78 is 12.4. The lowest BCUT2D eigenvalue weighted by Gasteiger charge is -2.20. The van der Waals surface area contributed by atoms with Gasteiger partial charge in [0.1, 0.15) is 18.3 Å². The number of unbranched alkanes of at least 4 members (excludes halogenated alkanes) is 5. The van der Waals surface area contributed by atoms with Crippen LogP contribution in [0.25, 0.3) is 0 Å². The summed E-state index contributed by atoms with van der Waals surface area (Å²) in [5, 5.41) is 21.1. The van der Waals surface area contributed by atoms with Gasteiger partial charge in [0, 0.05) is 18.9 Å². The number of ether oxygens (including phenoxy) is 2. The van der Waals surface area contributed by atoms with Crippen molar-refractivity contribution < 1.29 is 34.1 Å². The average Bonchev–Trinajstić information content (AvgIpc) is 3.33. The molecule has 0 spiro atoms. The third-order valence-electron chi connectivity index (χ3n) is 6.44. The monoisotopic (exact) mass is 517 g/mol. The summed E-state index contributed by atoms with van der Waals surface area (Å²) in [6, 6.07) is 7.79. The van der Waals surface area contributed by atoms with Crippen LogP contribution in [0.1, 0.15) is 65.5 Å². The molecule has 1 saturated heterocycles. The summed E-state index contributed by atoms with van der Waals surface area (Å²) in [7, 11) is 0. The second-order valence-electron chi connectivity index (χ2n) is 9.00. The van der Waals surface area contributed by atoms with E-state index in [2.05, 4.69) is 4.98 Å². The maximum absolute atomic E-state index is 12.2. The molecule has 4 atom stereocenters. The molecule has 1 fully saturated rings. The number of hydrogen-bond donors (Lipinski definition) is 3. The van der Waals surface area contributed by atoms with Crippen molar-refractivity contribution >= 4 is 11.8 Å². The van der Waals surface area contributed by atoms with Gasteiger partial charge in [-0.05, 0) is 25.0 Å². The molecule has 2 aliphatic rings. The van der Waals surface area contributed by atoms with Gasteiger partial charge in [0.2, 0.25) is 0 Å². The van der Waals surface area contributed by atoms with Crippen LogP contribution in [0.4, 0.5) is 0 Å². The third kappa shape index (κ3) is 6.05. The van der Waals surface area contributed by atoms with E-state index in [1.54, 1.807) is 24.3 Å². The molecular formula is C25H31N3O9. The van der Waals surface area contributed by atoms with Crippen LogP contribution >= 0.6 is 0 Å². The first-order valence-electron chi connectivity index (χ1n) is 12.4. The number of aromatic amines is 1. The van der Waals surface area contributed by atoms with Gasteiger partial charge in [-0.3, -0.25) is 28.8 Å². The quantitative estimate of drug-likeness (QED) is 0.257. The summed E-state index contributed by atoms with van der Waals surface area (Å²) in [5.74, 6) is -0.863.